The van der Waals surface area contributed by atoms with Gasteiger partial charge in [0, 0.05) is 7.11 Å². The number of aliphatic hydroxyl groups excluding tert-OH is 1. The molecule has 1 aromatic rings. The van der Waals surface area contributed by atoms with E-state index < -0.39 is 6.10 Å². The van der Waals surface area contributed by atoms with Gasteiger partial charge in [0.2, 0.25) is 0 Å². The molecular formula is C11H14O2. The van der Waals surface area contributed by atoms with Gasteiger partial charge < -0.3 is 9.84 Å². The summed E-state index contributed by atoms with van der Waals surface area (Å²) in [7, 11) is 1.55. The fourth-order valence-corrected chi connectivity index (χ4v) is 1.19. The highest BCUT2D eigenvalue weighted by Gasteiger charge is 2.16. The summed E-state index contributed by atoms with van der Waals surface area (Å²) in [4.78, 5) is 0. The Labute approximate surface area is 78.5 Å². The van der Waals surface area contributed by atoms with Gasteiger partial charge in [0.1, 0.15) is 12.2 Å². The van der Waals surface area contributed by atoms with E-state index in [1.807, 2.05) is 30.3 Å². The predicted molar refractivity (Wildman–Crippen MR) is 52.4 cm³/mol. The molecule has 0 fully saturated rings. The topological polar surface area (TPSA) is 29.5 Å². The van der Waals surface area contributed by atoms with E-state index in [0.717, 1.165) is 5.56 Å². The van der Waals surface area contributed by atoms with Crippen LogP contribution in [0, 0.1) is 0 Å². The van der Waals surface area contributed by atoms with E-state index in [2.05, 4.69) is 6.58 Å². The van der Waals surface area contributed by atoms with Crippen LogP contribution in [0.1, 0.15) is 11.7 Å². The average Bonchev–Trinajstić information content (AvgIpc) is 2.21. The maximum absolute atomic E-state index is 9.78. The fourth-order valence-electron chi connectivity index (χ4n) is 1.19. The van der Waals surface area contributed by atoms with Crippen molar-refractivity contribution in [3.05, 3.63) is 48.6 Å². The average molecular weight is 178 g/mol. The first kappa shape index (κ1) is 9.96. The van der Waals surface area contributed by atoms with Crippen LogP contribution in [0.2, 0.25) is 0 Å². The van der Waals surface area contributed by atoms with E-state index in [1.165, 1.54) is 0 Å². The molecule has 0 aliphatic carbocycles. The van der Waals surface area contributed by atoms with Crippen molar-refractivity contribution < 1.29 is 9.84 Å². The van der Waals surface area contributed by atoms with Crippen molar-refractivity contribution in [3.8, 4) is 0 Å². The van der Waals surface area contributed by atoms with Crippen LogP contribution in [-0.2, 0) is 4.74 Å². The van der Waals surface area contributed by atoms with Crippen molar-refractivity contribution in [2.24, 2.45) is 0 Å². The minimum Gasteiger partial charge on any atom is -0.385 e. The molecule has 1 N–H and O–H groups in total. The van der Waals surface area contributed by atoms with Crippen LogP contribution in [0.5, 0.6) is 0 Å². The van der Waals surface area contributed by atoms with Gasteiger partial charge in [-0.3, -0.25) is 0 Å². The first-order chi connectivity index (χ1) is 6.29. The zero-order valence-electron chi connectivity index (χ0n) is 7.68. The highest BCUT2D eigenvalue weighted by Crippen LogP contribution is 2.18. The fraction of sp³-hybridized carbons (Fsp3) is 0.273. The Morgan fingerprint density at radius 1 is 1.38 bits per heavy atom. The van der Waals surface area contributed by atoms with Gasteiger partial charge in [-0.1, -0.05) is 36.4 Å². The zero-order valence-corrected chi connectivity index (χ0v) is 7.68. The number of benzene rings is 1. The summed E-state index contributed by atoms with van der Waals surface area (Å²) in [5.74, 6) is 0. The summed E-state index contributed by atoms with van der Waals surface area (Å²) in [6.07, 6.45) is 0.614. The van der Waals surface area contributed by atoms with Crippen molar-refractivity contribution in [3.63, 3.8) is 0 Å². The molecule has 1 rings (SSSR count). The second-order valence-electron chi connectivity index (χ2n) is 2.79. The minimum atomic E-state index is -0.635. The molecule has 0 spiro atoms. The summed E-state index contributed by atoms with van der Waals surface area (Å²) in [5.41, 5.74) is 0.842. The summed E-state index contributed by atoms with van der Waals surface area (Å²) in [6, 6.07) is 9.40. The molecule has 0 radical (unpaired) electrons. The van der Waals surface area contributed by atoms with Gasteiger partial charge in [-0.25, -0.2) is 0 Å². The standard InChI is InChI=1S/C11H14O2/c1-3-10(13-2)11(12)9-7-5-4-6-8-9/h3-8,10-12H,1H2,2H3/t10-,11-/m1/s1. The smallest absolute Gasteiger partial charge is 0.109 e. The van der Waals surface area contributed by atoms with Gasteiger partial charge in [-0.15, -0.1) is 6.58 Å². The van der Waals surface area contributed by atoms with Crippen molar-refractivity contribution in [1.82, 2.24) is 0 Å². The molecule has 2 heteroatoms. The van der Waals surface area contributed by atoms with Crippen molar-refractivity contribution in [2.75, 3.05) is 7.11 Å². The molecule has 1 aromatic carbocycles. The first-order valence-electron chi connectivity index (χ1n) is 4.18. The summed E-state index contributed by atoms with van der Waals surface area (Å²) >= 11 is 0. The maximum Gasteiger partial charge on any atom is 0.109 e. The molecule has 70 valence electrons. The number of methoxy groups -OCH3 is 1. The molecule has 0 amide bonds. The molecule has 0 aliphatic heterocycles. The summed E-state index contributed by atoms with van der Waals surface area (Å²) < 4.78 is 5.05. The van der Waals surface area contributed by atoms with Gasteiger partial charge in [0.25, 0.3) is 0 Å². The Balaban J connectivity index is 2.77. The lowest BCUT2D eigenvalue weighted by atomic mass is 10.0. The molecular weight excluding hydrogens is 164 g/mol. The lowest BCUT2D eigenvalue weighted by Gasteiger charge is -2.18. The summed E-state index contributed by atoms with van der Waals surface area (Å²) in [5, 5.41) is 9.78. The van der Waals surface area contributed by atoms with Gasteiger partial charge >= 0.3 is 0 Å². The van der Waals surface area contributed by atoms with E-state index in [9.17, 15) is 5.11 Å². The lowest BCUT2D eigenvalue weighted by Crippen LogP contribution is -2.17. The van der Waals surface area contributed by atoms with Gasteiger partial charge in [-0.05, 0) is 5.56 Å². The van der Waals surface area contributed by atoms with Crippen molar-refractivity contribution >= 4 is 0 Å². The molecule has 0 heterocycles. The Kier molecular flexibility index (Phi) is 3.68. The SMILES string of the molecule is C=C[C@@H](OC)[C@H](O)c1ccccc1. The third-order valence-corrected chi connectivity index (χ3v) is 1.96. The molecule has 2 nitrogen and oxygen atoms in total. The monoisotopic (exact) mass is 178 g/mol. The number of aliphatic hydroxyl groups is 1. The normalized spacial score (nSPS) is 14.9. The number of ether oxygens (including phenoxy) is 1. The molecule has 13 heavy (non-hydrogen) atoms. The third-order valence-electron chi connectivity index (χ3n) is 1.96. The zero-order chi connectivity index (χ0) is 9.68. The van der Waals surface area contributed by atoms with Crippen LogP contribution in [0.3, 0.4) is 0 Å². The molecule has 0 saturated carbocycles. The highest BCUT2D eigenvalue weighted by atomic mass is 16.5. The van der Waals surface area contributed by atoms with Crippen LogP contribution in [0.4, 0.5) is 0 Å². The van der Waals surface area contributed by atoms with E-state index in [4.69, 9.17) is 4.74 Å². The number of rotatable bonds is 4. The van der Waals surface area contributed by atoms with Crippen LogP contribution < -0.4 is 0 Å². The largest absolute Gasteiger partial charge is 0.385 e. The van der Waals surface area contributed by atoms with E-state index in [1.54, 1.807) is 13.2 Å². The van der Waals surface area contributed by atoms with Crippen LogP contribution in [0.25, 0.3) is 0 Å². The molecule has 0 aromatic heterocycles. The van der Waals surface area contributed by atoms with Crippen molar-refractivity contribution in [2.45, 2.75) is 12.2 Å². The molecule has 0 aliphatic rings. The Morgan fingerprint density at radius 2 is 2.00 bits per heavy atom. The Hall–Kier alpha value is -1.12. The first-order valence-corrected chi connectivity index (χ1v) is 4.18. The second kappa shape index (κ2) is 4.80. The molecule has 0 bridgehead atoms. The minimum absolute atomic E-state index is 0.345. The quantitative estimate of drug-likeness (QED) is 0.714. The van der Waals surface area contributed by atoms with Crippen molar-refractivity contribution in [1.29, 1.82) is 0 Å². The molecule has 0 unspecified atom stereocenters. The Morgan fingerprint density at radius 3 is 2.46 bits per heavy atom. The Bertz CT molecular complexity index is 256. The maximum atomic E-state index is 9.78. The van der Waals surface area contributed by atoms with Crippen LogP contribution in [-0.4, -0.2) is 18.3 Å². The van der Waals surface area contributed by atoms with Gasteiger partial charge in [0.15, 0.2) is 0 Å². The van der Waals surface area contributed by atoms with Crippen LogP contribution >= 0.6 is 0 Å². The van der Waals surface area contributed by atoms with E-state index in [-0.39, 0.29) is 6.10 Å². The van der Waals surface area contributed by atoms with E-state index >= 15 is 0 Å². The number of hydrogen-bond acceptors (Lipinski definition) is 2. The van der Waals surface area contributed by atoms with Crippen LogP contribution in [0.15, 0.2) is 43.0 Å². The molecule has 2 atom stereocenters. The molecule has 0 saturated heterocycles. The number of hydrogen-bond donors (Lipinski definition) is 1. The highest BCUT2D eigenvalue weighted by molar-refractivity contribution is 5.19. The predicted octanol–water partition coefficient (Wildman–Crippen LogP) is 1.92. The van der Waals surface area contributed by atoms with Gasteiger partial charge in [-0.2, -0.15) is 0 Å². The van der Waals surface area contributed by atoms with E-state index in [0.29, 0.717) is 0 Å². The third kappa shape index (κ3) is 2.41. The summed E-state index contributed by atoms with van der Waals surface area (Å²) in [6.45, 7) is 3.59. The lowest BCUT2D eigenvalue weighted by molar-refractivity contribution is 0.0163. The van der Waals surface area contributed by atoms with Gasteiger partial charge in [0.05, 0.1) is 0 Å². The second-order valence-corrected chi connectivity index (χ2v) is 2.79.